The average Bonchev–Trinajstić information content (AvgIpc) is 2.46. The summed E-state index contributed by atoms with van der Waals surface area (Å²) < 4.78 is 0.946. The number of carboxylic acid groups (broad SMARTS) is 2. The monoisotopic (exact) mass is 247 g/mol. The highest BCUT2D eigenvalue weighted by atomic mass is 16.4. The summed E-state index contributed by atoms with van der Waals surface area (Å²) in [5, 5.41) is 17.8. The van der Waals surface area contributed by atoms with Gasteiger partial charge in [0, 0.05) is 5.56 Å². The second-order valence-electron chi connectivity index (χ2n) is 3.67. The predicted molar refractivity (Wildman–Crippen MR) is 61.9 cm³/mol. The van der Waals surface area contributed by atoms with E-state index in [1.807, 2.05) is 0 Å². The van der Waals surface area contributed by atoms with Crippen molar-refractivity contribution in [1.82, 2.24) is 4.57 Å². The molecule has 2 N–H and O–H groups in total. The topological polar surface area (TPSA) is 96.6 Å². The summed E-state index contributed by atoms with van der Waals surface area (Å²) in [7, 11) is 0. The minimum absolute atomic E-state index is 0.235. The number of rotatable bonds is 3. The molecule has 0 amide bonds. The van der Waals surface area contributed by atoms with Gasteiger partial charge in [0.2, 0.25) is 0 Å². The highest BCUT2D eigenvalue weighted by Crippen LogP contribution is 2.23. The summed E-state index contributed by atoms with van der Waals surface area (Å²) >= 11 is 0. The molecule has 0 saturated carbocycles. The Morgan fingerprint density at radius 3 is 2.39 bits per heavy atom. The van der Waals surface area contributed by atoms with Crippen molar-refractivity contribution >= 4 is 11.9 Å². The molecule has 92 valence electrons. The Hall–Kier alpha value is -2.63. The zero-order chi connectivity index (χ0) is 13.3. The zero-order valence-electron chi connectivity index (χ0n) is 9.16. The first-order valence-electron chi connectivity index (χ1n) is 5.09. The average molecular weight is 247 g/mol. The summed E-state index contributed by atoms with van der Waals surface area (Å²) in [6, 6.07) is 7.89. The van der Waals surface area contributed by atoms with E-state index >= 15 is 0 Å². The highest BCUT2D eigenvalue weighted by molar-refractivity contribution is 5.96. The zero-order valence-corrected chi connectivity index (χ0v) is 9.16. The standard InChI is InChI=1S/C12H9NO5/c14-9(15)6-13-8-5-3-1-2-4-7(8)10(11(13)16)12(17)18/h1-5H,6H2,(H,14,15)(H,17,18). The lowest BCUT2D eigenvalue weighted by Crippen LogP contribution is -2.23. The molecule has 1 heterocycles. The first kappa shape index (κ1) is 11.8. The number of hydrogen-bond acceptors (Lipinski definition) is 3. The van der Waals surface area contributed by atoms with E-state index < -0.39 is 29.6 Å². The fraction of sp³-hybridized carbons (Fsp3) is 0.0833. The molecule has 0 aromatic heterocycles. The van der Waals surface area contributed by atoms with E-state index in [0.717, 1.165) is 4.57 Å². The van der Waals surface area contributed by atoms with Crippen molar-refractivity contribution in [2.24, 2.45) is 0 Å². The Labute approximate surface area is 101 Å². The van der Waals surface area contributed by atoms with Crippen molar-refractivity contribution in [2.45, 2.75) is 6.54 Å². The summed E-state index contributed by atoms with van der Waals surface area (Å²) in [6.07, 6.45) is 0. The van der Waals surface area contributed by atoms with Crippen LogP contribution >= 0.6 is 0 Å². The first-order chi connectivity index (χ1) is 8.52. The number of carboxylic acids is 2. The third-order valence-corrected chi connectivity index (χ3v) is 2.54. The van der Waals surface area contributed by atoms with Crippen LogP contribution in [-0.2, 0) is 11.3 Å². The van der Waals surface area contributed by atoms with Crippen molar-refractivity contribution in [3.63, 3.8) is 0 Å². The Bertz CT molecular complexity index is 658. The SMILES string of the molecule is O=C(O)Cn1c2cccccc-2c(C(=O)O)c1=O. The lowest BCUT2D eigenvalue weighted by atomic mass is 10.1. The number of aromatic nitrogens is 1. The maximum atomic E-state index is 11.9. The molecule has 1 aliphatic carbocycles. The third-order valence-electron chi connectivity index (χ3n) is 2.54. The normalized spacial score (nSPS) is 10.4. The van der Waals surface area contributed by atoms with Crippen LogP contribution in [0.5, 0.6) is 0 Å². The van der Waals surface area contributed by atoms with Gasteiger partial charge in [0.25, 0.3) is 5.56 Å². The molecule has 6 heteroatoms. The minimum atomic E-state index is -1.36. The molecule has 0 saturated heterocycles. The Morgan fingerprint density at radius 2 is 1.78 bits per heavy atom. The largest absolute Gasteiger partial charge is 0.480 e. The van der Waals surface area contributed by atoms with Crippen LogP contribution in [0.25, 0.3) is 11.3 Å². The summed E-state index contributed by atoms with van der Waals surface area (Å²) in [4.78, 5) is 33.7. The van der Waals surface area contributed by atoms with Crippen LogP contribution in [0.2, 0.25) is 0 Å². The van der Waals surface area contributed by atoms with Crippen LogP contribution in [-0.4, -0.2) is 26.7 Å². The van der Waals surface area contributed by atoms with E-state index in [1.165, 1.54) is 12.1 Å². The van der Waals surface area contributed by atoms with Crippen LogP contribution in [0.3, 0.4) is 0 Å². The molecule has 0 spiro atoms. The Morgan fingerprint density at radius 1 is 1.11 bits per heavy atom. The maximum Gasteiger partial charge on any atom is 0.342 e. The minimum Gasteiger partial charge on any atom is -0.480 e. The van der Waals surface area contributed by atoms with E-state index in [9.17, 15) is 14.4 Å². The highest BCUT2D eigenvalue weighted by Gasteiger charge is 2.25. The molecule has 0 unspecified atom stereocenters. The molecule has 18 heavy (non-hydrogen) atoms. The van der Waals surface area contributed by atoms with Gasteiger partial charge in [-0.25, -0.2) is 4.79 Å². The molecular formula is C12H9NO5. The van der Waals surface area contributed by atoms with Gasteiger partial charge in [-0.05, 0) is 6.07 Å². The van der Waals surface area contributed by atoms with Crippen LogP contribution in [0, 0.1) is 0 Å². The molecule has 6 nitrogen and oxygen atoms in total. The van der Waals surface area contributed by atoms with Gasteiger partial charge in [-0.1, -0.05) is 24.3 Å². The van der Waals surface area contributed by atoms with E-state index in [1.54, 1.807) is 18.2 Å². The van der Waals surface area contributed by atoms with E-state index in [2.05, 4.69) is 0 Å². The molecule has 1 aliphatic heterocycles. The number of carbonyl (C=O) groups is 2. The van der Waals surface area contributed by atoms with Crippen molar-refractivity contribution < 1.29 is 19.8 Å². The van der Waals surface area contributed by atoms with Gasteiger partial charge in [-0.3, -0.25) is 14.2 Å². The fourth-order valence-corrected chi connectivity index (χ4v) is 1.84. The maximum absolute atomic E-state index is 11.9. The number of fused-ring (bicyclic) bond motifs is 1. The van der Waals surface area contributed by atoms with Crippen molar-refractivity contribution in [3.05, 3.63) is 46.2 Å². The summed E-state index contributed by atoms with van der Waals surface area (Å²) in [5.74, 6) is -2.56. The van der Waals surface area contributed by atoms with Gasteiger partial charge in [0.1, 0.15) is 12.1 Å². The fourth-order valence-electron chi connectivity index (χ4n) is 1.84. The van der Waals surface area contributed by atoms with Crippen LogP contribution in [0.15, 0.2) is 35.1 Å². The van der Waals surface area contributed by atoms with E-state index in [0.29, 0.717) is 5.69 Å². The van der Waals surface area contributed by atoms with Crippen molar-refractivity contribution in [3.8, 4) is 11.3 Å². The van der Waals surface area contributed by atoms with Crippen molar-refractivity contribution in [2.75, 3.05) is 0 Å². The predicted octanol–water partition coefficient (Wildman–Crippen LogP) is 0.736. The second kappa shape index (κ2) is 4.33. The molecule has 0 aromatic rings. The Balaban J connectivity index is 2.81. The smallest absolute Gasteiger partial charge is 0.342 e. The third kappa shape index (κ3) is 1.84. The van der Waals surface area contributed by atoms with E-state index in [4.69, 9.17) is 10.2 Å². The van der Waals surface area contributed by atoms with Crippen LogP contribution < -0.4 is 5.56 Å². The molecule has 0 bridgehead atoms. The molecule has 0 aromatic carbocycles. The van der Waals surface area contributed by atoms with Gasteiger partial charge < -0.3 is 10.2 Å². The van der Waals surface area contributed by atoms with Gasteiger partial charge in [0.05, 0.1) is 5.69 Å². The lowest BCUT2D eigenvalue weighted by molar-refractivity contribution is -0.137. The number of hydrogen-bond donors (Lipinski definition) is 2. The molecule has 0 radical (unpaired) electrons. The quantitative estimate of drug-likeness (QED) is 0.833. The van der Waals surface area contributed by atoms with Gasteiger partial charge in [-0.15, -0.1) is 0 Å². The Kier molecular flexibility index (Phi) is 2.85. The summed E-state index contributed by atoms with van der Waals surface area (Å²) in [5.41, 5.74) is -0.669. The summed E-state index contributed by atoms with van der Waals surface area (Å²) in [6.45, 7) is -0.563. The number of nitrogens with zero attached hydrogens (tertiary/aromatic N) is 1. The molecule has 0 fully saturated rings. The second-order valence-corrected chi connectivity index (χ2v) is 3.67. The molecule has 2 aliphatic rings. The van der Waals surface area contributed by atoms with Gasteiger partial charge in [-0.2, -0.15) is 0 Å². The molecule has 2 rings (SSSR count). The van der Waals surface area contributed by atoms with Gasteiger partial charge in [0.15, 0.2) is 0 Å². The van der Waals surface area contributed by atoms with E-state index in [-0.39, 0.29) is 5.56 Å². The number of aromatic carboxylic acids is 1. The van der Waals surface area contributed by atoms with Crippen LogP contribution in [0.4, 0.5) is 0 Å². The van der Waals surface area contributed by atoms with Crippen LogP contribution in [0.1, 0.15) is 10.4 Å². The number of aliphatic carboxylic acids is 1. The first-order valence-corrected chi connectivity index (χ1v) is 5.09. The lowest BCUT2D eigenvalue weighted by Gasteiger charge is -2.00. The molecule has 0 atom stereocenters. The van der Waals surface area contributed by atoms with Crippen molar-refractivity contribution in [1.29, 1.82) is 0 Å². The molecular weight excluding hydrogens is 238 g/mol. The van der Waals surface area contributed by atoms with Gasteiger partial charge >= 0.3 is 11.9 Å².